The zero-order valence-electron chi connectivity index (χ0n) is 27.6. The van der Waals surface area contributed by atoms with Crippen molar-refractivity contribution >= 4 is 52.8 Å². The van der Waals surface area contributed by atoms with Crippen LogP contribution in [0.1, 0.15) is 40.7 Å². The fourth-order valence-electron chi connectivity index (χ4n) is 4.99. The number of carbonyl (C=O) groups excluding carboxylic acids is 3. The van der Waals surface area contributed by atoms with Gasteiger partial charge in [0, 0.05) is 29.2 Å². The van der Waals surface area contributed by atoms with Crippen molar-refractivity contribution in [1.82, 2.24) is 25.6 Å². The fraction of sp³-hybridized carbons (Fsp3) is 0.265. The van der Waals surface area contributed by atoms with Crippen molar-refractivity contribution < 1.29 is 55.4 Å². The molecule has 5 rings (SSSR count). The molecule has 1 heterocycles. The van der Waals surface area contributed by atoms with Crippen molar-refractivity contribution in [1.29, 1.82) is 0 Å². The number of nitrogens with zero attached hydrogens (tertiary/aromatic N) is 3. The monoisotopic (exact) mass is 779 g/mol. The van der Waals surface area contributed by atoms with Gasteiger partial charge in [-0.3, -0.25) is 14.4 Å². The Balaban J connectivity index is 1.19. The van der Waals surface area contributed by atoms with Crippen LogP contribution < -0.4 is 26.0 Å². The van der Waals surface area contributed by atoms with E-state index in [2.05, 4.69) is 36.2 Å². The summed E-state index contributed by atoms with van der Waals surface area (Å²) in [5.74, 6) is -9.94. The lowest BCUT2D eigenvalue weighted by Crippen LogP contribution is -2.43. The Morgan fingerprint density at radius 3 is 2.19 bits per heavy atom. The Bertz CT molecular complexity index is 2050. The molecule has 1 aliphatic rings. The van der Waals surface area contributed by atoms with E-state index in [1.54, 1.807) is 24.3 Å². The van der Waals surface area contributed by atoms with Crippen molar-refractivity contribution in [2.75, 3.05) is 23.8 Å². The molecule has 0 aliphatic heterocycles. The van der Waals surface area contributed by atoms with Gasteiger partial charge in [0.2, 0.25) is 17.7 Å². The van der Waals surface area contributed by atoms with Crippen LogP contribution in [0.4, 0.5) is 43.9 Å². The first-order valence-electron chi connectivity index (χ1n) is 15.9. The van der Waals surface area contributed by atoms with Crippen LogP contribution in [0.25, 0.3) is 0 Å². The van der Waals surface area contributed by atoms with Gasteiger partial charge >= 0.3 is 18.2 Å². The number of carboxylic acids is 1. The largest absolute Gasteiger partial charge is 0.480 e. The Hall–Kier alpha value is -5.98. The van der Waals surface area contributed by atoms with E-state index >= 15 is 0 Å². The van der Waals surface area contributed by atoms with Gasteiger partial charge in [0.25, 0.3) is 11.8 Å². The van der Waals surface area contributed by atoms with Gasteiger partial charge in [-0.25, -0.2) is 18.0 Å². The Kier molecular flexibility index (Phi) is 11.9. The summed E-state index contributed by atoms with van der Waals surface area (Å²) in [5.41, 5.74) is -0.0319. The van der Waals surface area contributed by atoms with E-state index in [9.17, 15) is 50.6 Å². The minimum absolute atomic E-state index is 0.00888. The molecule has 13 nitrogen and oxygen atoms in total. The zero-order valence-corrected chi connectivity index (χ0v) is 28.3. The minimum Gasteiger partial charge on any atom is -0.480 e. The van der Waals surface area contributed by atoms with Crippen LogP contribution in [0.15, 0.2) is 60.7 Å². The number of rotatable bonds is 16. The number of ketones is 1. The van der Waals surface area contributed by atoms with Gasteiger partial charge in [-0.05, 0) is 72.9 Å². The topological polar surface area (TPSA) is 185 Å². The lowest BCUT2D eigenvalue weighted by molar-refractivity contribution is -0.154. The number of carboxylic acid groups (broad SMARTS) is 1. The number of anilines is 3. The molecule has 3 aromatic carbocycles. The molecule has 0 spiro atoms. The van der Waals surface area contributed by atoms with Crippen LogP contribution in [-0.2, 0) is 26.3 Å². The molecule has 0 bridgehead atoms. The number of benzene rings is 3. The second-order valence-electron chi connectivity index (χ2n) is 11.9. The quantitative estimate of drug-likeness (QED) is 0.0570. The lowest BCUT2D eigenvalue weighted by Gasteiger charge is -2.19. The summed E-state index contributed by atoms with van der Waals surface area (Å²) in [7, 11) is 0. The summed E-state index contributed by atoms with van der Waals surface area (Å²) < 4.78 is 83.9. The van der Waals surface area contributed by atoms with Gasteiger partial charge in [0.1, 0.15) is 6.04 Å². The van der Waals surface area contributed by atoms with Crippen LogP contribution >= 0.6 is 11.6 Å². The van der Waals surface area contributed by atoms with Gasteiger partial charge in [0.05, 0.1) is 5.54 Å². The third-order valence-corrected chi connectivity index (χ3v) is 8.17. The third kappa shape index (κ3) is 10.3. The molecular weight excluding hydrogens is 752 g/mol. The molecule has 1 aromatic heterocycles. The van der Waals surface area contributed by atoms with Crippen molar-refractivity contribution in [3.63, 3.8) is 0 Å². The SMILES string of the molecule is O=C(Cc1ccc(F)c(F)c1F)C(=O)NCC[C@H](NC(=O)c1ccc(Nc2nc(NC3(c4ccc(Cl)cc4)CC3)nc(OCC(F)(F)F)n2)cc1)C(=O)O. The van der Waals surface area contributed by atoms with Crippen LogP contribution in [0.5, 0.6) is 6.01 Å². The molecule has 1 atom stereocenters. The molecule has 2 amide bonds. The number of hydrogen-bond donors (Lipinski definition) is 5. The number of amides is 2. The molecule has 1 fully saturated rings. The molecule has 4 aromatic rings. The Morgan fingerprint density at radius 2 is 1.56 bits per heavy atom. The first-order valence-corrected chi connectivity index (χ1v) is 16.2. The summed E-state index contributed by atoms with van der Waals surface area (Å²) in [5, 5.41) is 20.5. The molecule has 5 N–H and O–H groups in total. The number of carbonyl (C=O) groups is 4. The van der Waals surface area contributed by atoms with Crippen LogP contribution in [0.3, 0.4) is 0 Å². The van der Waals surface area contributed by atoms with E-state index in [0.717, 1.165) is 11.6 Å². The molecule has 0 radical (unpaired) electrons. The number of aromatic nitrogens is 3. The molecular formula is C34H28ClF6N7O6. The molecule has 284 valence electrons. The number of Topliss-reactive ketones (excluding diaryl/α,β-unsaturated/α-hetero) is 1. The second kappa shape index (κ2) is 16.4. The summed E-state index contributed by atoms with van der Waals surface area (Å²) in [4.78, 5) is 61.1. The fourth-order valence-corrected chi connectivity index (χ4v) is 5.12. The van der Waals surface area contributed by atoms with E-state index in [0.29, 0.717) is 23.9 Å². The smallest absolute Gasteiger partial charge is 0.422 e. The van der Waals surface area contributed by atoms with Gasteiger partial charge in [0.15, 0.2) is 24.1 Å². The lowest BCUT2D eigenvalue weighted by atomic mass is 10.1. The molecule has 20 heteroatoms. The maximum absolute atomic E-state index is 13.9. The highest BCUT2D eigenvalue weighted by molar-refractivity contribution is 6.36. The normalized spacial score (nSPS) is 13.7. The zero-order chi connectivity index (χ0) is 39.2. The highest BCUT2D eigenvalue weighted by Gasteiger charge is 2.45. The summed E-state index contributed by atoms with van der Waals surface area (Å²) >= 11 is 6.00. The first-order chi connectivity index (χ1) is 25.5. The number of ether oxygens (including phenoxy) is 1. The summed E-state index contributed by atoms with van der Waals surface area (Å²) in [6.07, 6.45) is -4.59. The summed E-state index contributed by atoms with van der Waals surface area (Å²) in [6.45, 7) is -2.08. The van der Waals surface area contributed by atoms with E-state index in [-0.39, 0.29) is 29.6 Å². The van der Waals surface area contributed by atoms with Gasteiger partial charge < -0.3 is 31.1 Å². The number of nitrogens with one attached hydrogen (secondary N) is 4. The highest BCUT2D eigenvalue weighted by Crippen LogP contribution is 2.48. The Labute approximate surface area is 306 Å². The average Bonchev–Trinajstić information content (AvgIpc) is 3.90. The Morgan fingerprint density at radius 1 is 0.889 bits per heavy atom. The molecule has 54 heavy (non-hydrogen) atoms. The van der Waals surface area contributed by atoms with Crippen LogP contribution in [0, 0.1) is 17.5 Å². The number of alkyl halides is 3. The van der Waals surface area contributed by atoms with Crippen LogP contribution in [0.2, 0.25) is 5.02 Å². The van der Waals surface area contributed by atoms with E-state index in [4.69, 9.17) is 16.3 Å². The van der Waals surface area contributed by atoms with Gasteiger partial charge in [-0.15, -0.1) is 0 Å². The molecule has 0 saturated heterocycles. The van der Waals surface area contributed by atoms with Gasteiger partial charge in [-0.1, -0.05) is 29.8 Å². The van der Waals surface area contributed by atoms with Crippen molar-refractivity contribution in [2.45, 2.75) is 43.4 Å². The van der Waals surface area contributed by atoms with E-state index in [1.165, 1.54) is 24.3 Å². The van der Waals surface area contributed by atoms with Crippen LogP contribution in [-0.4, -0.2) is 69.0 Å². The maximum Gasteiger partial charge on any atom is 0.422 e. The third-order valence-electron chi connectivity index (χ3n) is 7.92. The molecule has 0 unspecified atom stereocenters. The minimum atomic E-state index is -4.67. The van der Waals surface area contributed by atoms with E-state index in [1.807, 2.05) is 0 Å². The second-order valence-corrected chi connectivity index (χ2v) is 12.4. The van der Waals surface area contributed by atoms with Gasteiger partial charge in [-0.2, -0.15) is 28.1 Å². The number of halogens is 7. The predicted octanol–water partition coefficient (Wildman–Crippen LogP) is 5.23. The van der Waals surface area contributed by atoms with Crippen molar-refractivity contribution in [3.8, 4) is 6.01 Å². The highest BCUT2D eigenvalue weighted by atomic mass is 35.5. The van der Waals surface area contributed by atoms with Crippen molar-refractivity contribution in [2.24, 2.45) is 0 Å². The molecule has 1 saturated carbocycles. The maximum atomic E-state index is 13.9. The first kappa shape index (κ1) is 39.2. The summed E-state index contributed by atoms with van der Waals surface area (Å²) in [6, 6.07) is 11.6. The molecule has 1 aliphatic carbocycles. The predicted molar refractivity (Wildman–Crippen MR) is 179 cm³/mol. The van der Waals surface area contributed by atoms with Crippen molar-refractivity contribution in [3.05, 3.63) is 99.8 Å². The average molecular weight is 780 g/mol. The number of hydrogen-bond acceptors (Lipinski definition) is 10. The number of aliphatic carboxylic acids is 1. The van der Waals surface area contributed by atoms with E-state index < -0.39 is 89.9 Å². The standard InChI is InChI=1S/C34H28ClF6N7O6/c35-20-6-4-19(5-7-20)33(12-13-33)48-31-45-30(46-32(47-31)54-16-34(39,40)41)43-21-8-1-17(2-9-21)27(50)44-23(29(52)53)11-14-42-28(51)24(49)15-18-3-10-22(36)26(38)25(18)37/h1-10,23H,11-16H2,(H,42,51)(H,44,50)(H,52,53)(H2,43,45,46,47,48)/t23-/m0/s1.